The minimum absolute atomic E-state index is 0.000325. The van der Waals surface area contributed by atoms with Crippen molar-refractivity contribution in [2.24, 2.45) is 5.41 Å². The maximum Gasteiger partial charge on any atom is 0.250 e. The van der Waals surface area contributed by atoms with Crippen LogP contribution in [0.25, 0.3) is 0 Å². The summed E-state index contributed by atoms with van der Waals surface area (Å²) in [5, 5.41) is 1.81. The first-order chi connectivity index (χ1) is 11.5. The second kappa shape index (κ2) is 8.36. The average Bonchev–Trinajstić information content (AvgIpc) is 2.78. The van der Waals surface area contributed by atoms with Gasteiger partial charge < -0.3 is 0 Å². The van der Waals surface area contributed by atoms with Gasteiger partial charge in [0, 0.05) is 5.70 Å². The molecule has 1 fully saturated rings. The molecule has 1 heterocycles. The maximum absolute atomic E-state index is 12.0. The van der Waals surface area contributed by atoms with Gasteiger partial charge in [0.25, 0.3) is 0 Å². The number of aryl methyl sites for hydroxylation is 1. The molecule has 24 heavy (non-hydrogen) atoms. The molecule has 0 aromatic heterocycles. The number of amides is 1. The summed E-state index contributed by atoms with van der Waals surface area (Å²) >= 11 is 0. The van der Waals surface area contributed by atoms with Crippen LogP contribution in [-0.2, 0) is 11.2 Å². The molecule has 0 atom stereocenters. The van der Waals surface area contributed by atoms with Gasteiger partial charge in [0.15, 0.2) is 0 Å². The number of nitrogens with zero attached hydrogens (tertiary/aromatic N) is 1. The topological polar surface area (TPSA) is 32.3 Å². The molecule has 3 nitrogen and oxygen atoms in total. The number of rotatable bonds is 9. The Labute approximate surface area is 147 Å². The number of hydrogen-bond acceptors (Lipinski definition) is 2. The number of carbonyl (C=O) groups is 1. The van der Waals surface area contributed by atoms with Crippen molar-refractivity contribution >= 4 is 11.6 Å². The van der Waals surface area contributed by atoms with E-state index in [9.17, 15) is 4.79 Å². The predicted molar refractivity (Wildman–Crippen MR) is 102 cm³/mol. The Morgan fingerprint density at radius 1 is 1.00 bits per heavy atom. The molecule has 0 unspecified atom stereocenters. The van der Waals surface area contributed by atoms with Crippen molar-refractivity contribution in [3.63, 3.8) is 0 Å². The Kier molecular flexibility index (Phi) is 6.47. The van der Waals surface area contributed by atoms with Gasteiger partial charge >= 0.3 is 0 Å². The molecule has 1 aromatic rings. The van der Waals surface area contributed by atoms with E-state index in [4.69, 9.17) is 0 Å². The Bertz CT molecular complexity index is 560. The molecule has 1 aliphatic rings. The fraction of sp³-hybridized carbons (Fsp3) is 0.571. The van der Waals surface area contributed by atoms with E-state index in [2.05, 4.69) is 43.2 Å². The van der Waals surface area contributed by atoms with E-state index >= 15 is 0 Å². The first kappa shape index (κ1) is 18.6. The Hall–Kier alpha value is -1.77. The van der Waals surface area contributed by atoms with Gasteiger partial charge in [-0.05, 0) is 44.4 Å². The highest BCUT2D eigenvalue weighted by Gasteiger charge is 2.42. The number of hydrogen-bond donors (Lipinski definition) is 1. The standard InChI is InChI=1S/C21H32N2O/c1-5-6-7-8-9-10-11-12-18-13-15-19(16-14-18)23-17(2)21(3,4)20(24)22-23/h13-16H,2,5-12H2,1,3-4H3,(H,22,24). The zero-order valence-corrected chi connectivity index (χ0v) is 15.5. The van der Waals surface area contributed by atoms with Crippen LogP contribution >= 0.6 is 0 Å². The molecule has 132 valence electrons. The summed E-state index contributed by atoms with van der Waals surface area (Å²) in [5.74, 6) is -0.000325. The fourth-order valence-electron chi connectivity index (χ4n) is 3.04. The summed E-state index contributed by atoms with van der Waals surface area (Å²) in [6, 6.07) is 8.47. The van der Waals surface area contributed by atoms with Gasteiger partial charge in [-0.3, -0.25) is 15.2 Å². The van der Waals surface area contributed by atoms with Crippen LogP contribution in [0.15, 0.2) is 36.5 Å². The zero-order valence-electron chi connectivity index (χ0n) is 15.5. The van der Waals surface area contributed by atoms with E-state index in [1.807, 2.05) is 13.8 Å². The molecule has 1 aliphatic heterocycles. The Balaban J connectivity index is 1.79. The van der Waals surface area contributed by atoms with Crippen LogP contribution < -0.4 is 10.4 Å². The normalized spacial score (nSPS) is 16.5. The van der Waals surface area contributed by atoms with Crippen LogP contribution in [-0.4, -0.2) is 5.91 Å². The number of nitrogens with one attached hydrogen (secondary N) is 1. The molecule has 0 aliphatic carbocycles. The number of anilines is 1. The summed E-state index contributed by atoms with van der Waals surface area (Å²) in [6.45, 7) is 10.1. The number of hydrazine groups is 1. The second-order valence-corrected chi connectivity index (χ2v) is 7.39. The van der Waals surface area contributed by atoms with Crippen molar-refractivity contribution in [1.29, 1.82) is 0 Å². The fourth-order valence-corrected chi connectivity index (χ4v) is 3.04. The molecule has 0 bridgehead atoms. The quantitative estimate of drug-likeness (QED) is 0.618. The molecule has 0 saturated carbocycles. The van der Waals surface area contributed by atoms with Crippen LogP contribution in [0.1, 0.15) is 71.3 Å². The Morgan fingerprint density at radius 2 is 1.58 bits per heavy atom. The van der Waals surface area contributed by atoms with Crippen molar-refractivity contribution < 1.29 is 4.79 Å². The van der Waals surface area contributed by atoms with Crippen molar-refractivity contribution in [2.75, 3.05) is 5.01 Å². The first-order valence-electron chi connectivity index (χ1n) is 9.36. The zero-order chi connectivity index (χ0) is 17.6. The van der Waals surface area contributed by atoms with Crippen LogP contribution in [0.2, 0.25) is 0 Å². The lowest BCUT2D eigenvalue weighted by molar-refractivity contribution is -0.125. The summed E-state index contributed by atoms with van der Waals surface area (Å²) in [4.78, 5) is 12.0. The molecule has 1 N–H and O–H groups in total. The summed E-state index contributed by atoms with van der Waals surface area (Å²) in [7, 11) is 0. The van der Waals surface area contributed by atoms with Gasteiger partial charge in [-0.2, -0.15) is 0 Å². The van der Waals surface area contributed by atoms with Gasteiger partial charge in [-0.15, -0.1) is 0 Å². The third kappa shape index (κ3) is 4.40. The van der Waals surface area contributed by atoms with E-state index < -0.39 is 5.41 Å². The minimum atomic E-state index is -0.545. The van der Waals surface area contributed by atoms with E-state index in [1.165, 1.54) is 50.5 Å². The summed E-state index contributed by atoms with van der Waals surface area (Å²) in [5.41, 5.74) is 5.49. The Morgan fingerprint density at radius 3 is 2.12 bits per heavy atom. The van der Waals surface area contributed by atoms with Gasteiger partial charge in [0.2, 0.25) is 5.91 Å². The van der Waals surface area contributed by atoms with Crippen LogP contribution in [0.4, 0.5) is 5.69 Å². The number of carbonyl (C=O) groups excluding carboxylic acids is 1. The summed E-state index contributed by atoms with van der Waals surface area (Å²) < 4.78 is 0. The van der Waals surface area contributed by atoms with Crippen LogP contribution in [0, 0.1) is 5.41 Å². The van der Waals surface area contributed by atoms with Gasteiger partial charge in [-0.25, -0.2) is 0 Å². The maximum atomic E-state index is 12.0. The van der Waals surface area contributed by atoms with Crippen molar-refractivity contribution in [3.8, 4) is 0 Å². The number of benzene rings is 1. The third-order valence-electron chi connectivity index (χ3n) is 5.04. The van der Waals surface area contributed by atoms with Crippen LogP contribution in [0.5, 0.6) is 0 Å². The summed E-state index contributed by atoms with van der Waals surface area (Å²) in [6.07, 6.45) is 10.5. The predicted octanol–water partition coefficient (Wildman–Crippen LogP) is 5.37. The molecule has 3 heteroatoms. The van der Waals surface area contributed by atoms with Crippen molar-refractivity contribution in [2.45, 2.75) is 72.1 Å². The van der Waals surface area contributed by atoms with Gasteiger partial charge in [-0.1, -0.05) is 64.2 Å². The molecule has 0 radical (unpaired) electrons. The monoisotopic (exact) mass is 328 g/mol. The SMILES string of the molecule is C=C1N(c2ccc(CCCCCCCCC)cc2)NC(=O)C1(C)C. The lowest BCUT2D eigenvalue weighted by Crippen LogP contribution is -2.32. The van der Waals surface area contributed by atoms with E-state index in [1.54, 1.807) is 5.01 Å². The highest BCUT2D eigenvalue weighted by Crippen LogP contribution is 2.35. The molecule has 1 aromatic carbocycles. The van der Waals surface area contributed by atoms with E-state index in [0.717, 1.165) is 17.8 Å². The van der Waals surface area contributed by atoms with Crippen molar-refractivity contribution in [3.05, 3.63) is 42.1 Å². The lowest BCUT2D eigenvalue weighted by atomic mass is 9.90. The third-order valence-corrected chi connectivity index (χ3v) is 5.04. The molecule has 2 rings (SSSR count). The molecule has 0 spiro atoms. The first-order valence-corrected chi connectivity index (χ1v) is 9.36. The largest absolute Gasteiger partial charge is 0.272 e. The molecule has 1 amide bonds. The highest BCUT2D eigenvalue weighted by molar-refractivity contribution is 5.92. The van der Waals surface area contributed by atoms with Crippen LogP contribution in [0.3, 0.4) is 0 Å². The molecular weight excluding hydrogens is 296 g/mol. The lowest BCUT2D eigenvalue weighted by Gasteiger charge is -2.21. The highest BCUT2D eigenvalue weighted by atomic mass is 16.2. The van der Waals surface area contributed by atoms with Crippen molar-refractivity contribution in [1.82, 2.24) is 5.43 Å². The van der Waals surface area contributed by atoms with E-state index in [0.29, 0.717) is 0 Å². The van der Waals surface area contributed by atoms with Gasteiger partial charge in [0.05, 0.1) is 11.1 Å². The number of unbranched alkanes of at least 4 members (excludes halogenated alkanes) is 6. The average molecular weight is 328 g/mol. The molecular formula is C21H32N2O. The second-order valence-electron chi connectivity index (χ2n) is 7.39. The smallest absolute Gasteiger partial charge is 0.250 e. The van der Waals surface area contributed by atoms with Gasteiger partial charge in [0.1, 0.15) is 0 Å². The minimum Gasteiger partial charge on any atom is -0.272 e. The van der Waals surface area contributed by atoms with E-state index in [-0.39, 0.29) is 5.91 Å². The molecule has 1 saturated heterocycles.